The van der Waals surface area contributed by atoms with Crippen LogP contribution >= 0.6 is 0 Å². The van der Waals surface area contributed by atoms with Crippen LogP contribution in [0.5, 0.6) is 23.0 Å². The van der Waals surface area contributed by atoms with Crippen molar-refractivity contribution in [2.75, 3.05) is 26.4 Å². The second kappa shape index (κ2) is 15.1. The molecule has 49 heavy (non-hydrogen) atoms. The summed E-state index contributed by atoms with van der Waals surface area (Å²) in [6.45, 7) is -0.419. The Labute approximate surface area is 282 Å². The lowest BCUT2D eigenvalue weighted by atomic mass is 9.65. The van der Waals surface area contributed by atoms with Gasteiger partial charge in [0, 0.05) is 25.5 Å². The molecule has 3 fully saturated rings. The summed E-state index contributed by atoms with van der Waals surface area (Å²) in [6, 6.07) is 6.94. The Morgan fingerprint density at radius 1 is 1.00 bits per heavy atom. The third-order valence-corrected chi connectivity index (χ3v) is 9.39. The van der Waals surface area contributed by atoms with E-state index >= 15 is 0 Å². The molecule has 2 bridgehead atoms. The molecule has 0 spiro atoms. The van der Waals surface area contributed by atoms with Crippen LogP contribution in [-0.4, -0.2) is 104 Å². The average molecular weight is 684 g/mol. The number of rotatable bonds is 13. The second-order valence-corrected chi connectivity index (χ2v) is 12.5. The highest BCUT2D eigenvalue weighted by Gasteiger charge is 2.64. The molecule has 0 radical (unpaired) electrons. The number of hydrogen-bond donors (Lipinski definition) is 7. The Balaban J connectivity index is 1.34. The number of ketones is 2. The molecule has 0 aromatic heterocycles. The number of hydrogen-bond acceptors (Lipinski definition) is 13. The maximum atomic E-state index is 13.8. The lowest BCUT2D eigenvalue weighted by molar-refractivity contribution is -0.283. The van der Waals surface area contributed by atoms with Crippen LogP contribution in [0.25, 0.3) is 12.2 Å². The maximum absolute atomic E-state index is 13.8. The van der Waals surface area contributed by atoms with Crippen LogP contribution in [0.1, 0.15) is 48.8 Å². The predicted molar refractivity (Wildman–Crippen MR) is 173 cm³/mol. The number of phenolic OH excluding ortho intramolecular Hbond substituents is 3. The van der Waals surface area contributed by atoms with Crippen molar-refractivity contribution >= 4 is 29.7 Å². The second-order valence-electron chi connectivity index (χ2n) is 12.5. The van der Waals surface area contributed by atoms with E-state index in [0.29, 0.717) is 17.5 Å². The third-order valence-electron chi connectivity index (χ3n) is 9.39. The highest BCUT2D eigenvalue weighted by Crippen LogP contribution is 2.50. The number of aliphatic hydroxyl groups excluding tert-OH is 2. The number of benzene rings is 2. The summed E-state index contributed by atoms with van der Waals surface area (Å²) < 4.78 is 23.6. The van der Waals surface area contributed by atoms with Crippen LogP contribution in [-0.2, 0) is 35.2 Å². The van der Waals surface area contributed by atoms with E-state index in [1.165, 1.54) is 48.6 Å². The first-order valence-electron chi connectivity index (χ1n) is 16.0. The minimum atomic E-state index is -2.03. The van der Waals surface area contributed by atoms with Crippen molar-refractivity contribution in [2.45, 2.75) is 68.2 Å². The van der Waals surface area contributed by atoms with Gasteiger partial charge in [0.05, 0.1) is 18.8 Å². The van der Waals surface area contributed by atoms with Gasteiger partial charge in [0.2, 0.25) is 0 Å². The summed E-state index contributed by atoms with van der Waals surface area (Å²) in [5, 5.41) is 61.3. The van der Waals surface area contributed by atoms with Crippen LogP contribution in [0.4, 0.5) is 0 Å². The highest BCUT2D eigenvalue weighted by atomic mass is 16.6. The predicted octanol–water partition coefficient (Wildman–Crippen LogP) is 1.82. The molecule has 2 aromatic carbocycles. The lowest BCUT2D eigenvalue weighted by Crippen LogP contribution is -2.69. The van der Waals surface area contributed by atoms with Crippen molar-refractivity contribution in [3.8, 4) is 23.0 Å². The van der Waals surface area contributed by atoms with Gasteiger partial charge in [-0.25, -0.2) is 4.79 Å². The summed E-state index contributed by atoms with van der Waals surface area (Å²) in [5.74, 6) is -4.03. The first-order chi connectivity index (χ1) is 23.4. The fourth-order valence-electron chi connectivity index (χ4n) is 6.90. The van der Waals surface area contributed by atoms with Gasteiger partial charge in [-0.15, -0.1) is 0 Å². The number of carbonyl (C=O) groups is 3. The Morgan fingerprint density at radius 2 is 1.78 bits per heavy atom. The number of aliphatic carboxylic acids is 1. The van der Waals surface area contributed by atoms with Crippen molar-refractivity contribution in [1.82, 2.24) is 0 Å². The van der Waals surface area contributed by atoms with Gasteiger partial charge in [-0.3, -0.25) is 9.59 Å². The zero-order valence-corrected chi connectivity index (χ0v) is 26.7. The molecule has 1 aliphatic carbocycles. The monoisotopic (exact) mass is 683 g/mol. The summed E-state index contributed by atoms with van der Waals surface area (Å²) in [4.78, 5) is 39.6. The number of fused-ring (bicyclic) bond motifs is 1. The number of carboxylic acids is 1. The van der Waals surface area contributed by atoms with E-state index < -0.39 is 77.7 Å². The van der Waals surface area contributed by atoms with Gasteiger partial charge < -0.3 is 55.3 Å². The topological polar surface area (TPSA) is 236 Å². The molecular formula is C35H41NO13. The lowest BCUT2D eigenvalue weighted by Gasteiger charge is -2.56. The van der Waals surface area contributed by atoms with Crippen LogP contribution in [0.15, 0.2) is 42.5 Å². The molecule has 0 unspecified atom stereocenters. The van der Waals surface area contributed by atoms with Crippen molar-refractivity contribution < 1.29 is 64.0 Å². The zero-order valence-electron chi connectivity index (χ0n) is 26.7. The molecule has 14 nitrogen and oxygen atoms in total. The molecule has 6 atom stereocenters. The molecule has 264 valence electrons. The van der Waals surface area contributed by atoms with Gasteiger partial charge >= 0.3 is 5.97 Å². The number of carboxylic acid groups (broad SMARTS) is 1. The van der Waals surface area contributed by atoms with Crippen molar-refractivity contribution in [3.05, 3.63) is 59.2 Å². The zero-order chi connectivity index (χ0) is 35.3. The van der Waals surface area contributed by atoms with Crippen LogP contribution in [0.2, 0.25) is 0 Å². The molecule has 5 rings (SSSR count). The minimum absolute atomic E-state index is 0.120. The minimum Gasteiger partial charge on any atom is -0.504 e. The molecule has 3 aliphatic rings. The van der Waals surface area contributed by atoms with Crippen molar-refractivity contribution in [2.24, 2.45) is 11.7 Å². The molecular weight excluding hydrogens is 642 g/mol. The first-order valence-corrected chi connectivity index (χ1v) is 16.0. The summed E-state index contributed by atoms with van der Waals surface area (Å²) in [7, 11) is 0. The number of aromatic hydroxyl groups is 3. The Hall–Kier alpha value is -4.31. The fourth-order valence-corrected chi connectivity index (χ4v) is 6.90. The number of aliphatic hydroxyl groups is 2. The molecule has 2 aromatic rings. The third kappa shape index (κ3) is 7.49. The molecule has 8 N–H and O–H groups in total. The Kier molecular flexibility index (Phi) is 11.1. The van der Waals surface area contributed by atoms with Crippen LogP contribution in [0.3, 0.4) is 0 Å². The van der Waals surface area contributed by atoms with Gasteiger partial charge in [-0.1, -0.05) is 18.2 Å². The number of nitrogens with two attached hydrogens (primary N) is 1. The quantitative estimate of drug-likeness (QED) is 0.118. The summed E-state index contributed by atoms with van der Waals surface area (Å²) in [6.07, 6.45) is 2.47. The Morgan fingerprint density at radius 3 is 2.49 bits per heavy atom. The van der Waals surface area contributed by atoms with Crippen molar-refractivity contribution in [1.29, 1.82) is 0 Å². The molecule has 2 saturated heterocycles. The number of ether oxygens (including phenoxy) is 4. The first kappa shape index (κ1) is 36.0. The normalized spacial score (nSPS) is 28.2. The van der Waals surface area contributed by atoms with E-state index in [9.17, 15) is 45.0 Å². The van der Waals surface area contributed by atoms with E-state index in [1.54, 1.807) is 6.07 Å². The van der Waals surface area contributed by atoms with E-state index in [-0.39, 0.29) is 62.5 Å². The van der Waals surface area contributed by atoms with Gasteiger partial charge in [-0.2, -0.15) is 0 Å². The number of carbonyl (C=O) groups excluding carboxylic acids is 2. The van der Waals surface area contributed by atoms with Crippen LogP contribution in [0, 0.1) is 5.92 Å². The summed E-state index contributed by atoms with van der Waals surface area (Å²) in [5.41, 5.74) is 3.07. The largest absolute Gasteiger partial charge is 0.504 e. The van der Waals surface area contributed by atoms with Crippen molar-refractivity contribution in [3.63, 3.8) is 0 Å². The van der Waals surface area contributed by atoms with Gasteiger partial charge in [-0.05, 0) is 78.8 Å². The maximum Gasteiger partial charge on any atom is 0.336 e. The molecule has 2 aliphatic heterocycles. The number of phenols is 3. The van der Waals surface area contributed by atoms with E-state index in [1.807, 2.05) is 0 Å². The van der Waals surface area contributed by atoms with Gasteiger partial charge in [0.1, 0.15) is 24.9 Å². The molecule has 0 amide bonds. The van der Waals surface area contributed by atoms with E-state index in [0.717, 1.165) is 0 Å². The highest BCUT2D eigenvalue weighted by molar-refractivity contribution is 6.00. The average Bonchev–Trinajstić information content (AvgIpc) is 3.07. The van der Waals surface area contributed by atoms with E-state index in [2.05, 4.69) is 0 Å². The SMILES string of the molecule is NCCOc1ccc(/C=C/C(=O)CO[C@@]2(C(=O)O)C[C@@H](O)[C@H]3OCCC[C@]4(C(=O)/C=C/c5cc(O)c(O)cc5CO)CC[C@H]2[C@H]3O4)cc1O. The Bertz CT molecular complexity index is 1620. The molecule has 2 heterocycles. The van der Waals surface area contributed by atoms with Crippen LogP contribution < -0.4 is 10.5 Å². The molecule has 1 saturated carbocycles. The standard InChI is InChI=1S/C35H41NO13/c36-11-13-46-29-6-3-20(14-27(29)41)2-5-23(38)19-48-35(33(44)45)17-28(42)32-31-24(35)8-10-34(49-31,9-1-12-47-32)30(43)7-4-21-15-25(39)26(40)16-22(21)18-37/h2-7,14-16,24,28,31-32,37,39-42H,1,8-13,17-19,36H2,(H,44,45)/b5-2+,7-4+/t24-,28+,31+,32+,34+,35-/m0/s1. The van der Waals surface area contributed by atoms with E-state index in [4.69, 9.17) is 24.7 Å². The van der Waals surface area contributed by atoms with Gasteiger partial charge in [0.25, 0.3) is 0 Å². The van der Waals surface area contributed by atoms with Gasteiger partial charge in [0.15, 0.2) is 40.2 Å². The fraction of sp³-hybridized carbons (Fsp3) is 0.457. The molecule has 14 heteroatoms. The smallest absolute Gasteiger partial charge is 0.336 e. The summed E-state index contributed by atoms with van der Waals surface area (Å²) >= 11 is 0.